The van der Waals surface area contributed by atoms with Gasteiger partial charge in [-0.25, -0.2) is 15.0 Å². The number of aromatic nitrogens is 4. The Labute approximate surface area is 102 Å². The van der Waals surface area contributed by atoms with Crippen molar-refractivity contribution in [1.29, 1.82) is 0 Å². The Hall–Kier alpha value is -1.67. The van der Waals surface area contributed by atoms with E-state index < -0.39 is 0 Å². The zero-order valence-electron chi connectivity index (χ0n) is 9.17. The number of amides is 1. The van der Waals surface area contributed by atoms with E-state index in [1.807, 2.05) is 0 Å². The lowest BCUT2D eigenvalue weighted by Crippen LogP contribution is -2.41. The van der Waals surface area contributed by atoms with Gasteiger partial charge in [0.15, 0.2) is 5.65 Å². The molecular formula is C9H12N6OS. The van der Waals surface area contributed by atoms with Gasteiger partial charge in [0.2, 0.25) is 5.91 Å². The molecule has 0 aliphatic heterocycles. The number of fused-ring (bicyclic) bond motifs is 1. The molecule has 0 aromatic carbocycles. The molecule has 0 saturated carbocycles. The zero-order valence-corrected chi connectivity index (χ0v) is 9.99. The van der Waals surface area contributed by atoms with Crippen molar-refractivity contribution in [3.8, 4) is 0 Å². The number of thioether (sulfide) groups is 1. The van der Waals surface area contributed by atoms with Crippen LogP contribution in [-0.2, 0) is 4.79 Å². The van der Waals surface area contributed by atoms with Crippen LogP contribution >= 0.6 is 11.8 Å². The van der Waals surface area contributed by atoms with Crippen LogP contribution in [0.5, 0.6) is 0 Å². The minimum atomic E-state index is -0.382. The molecule has 0 bridgehead atoms. The number of imidazole rings is 1. The minimum Gasteiger partial charge on any atom is -0.368 e. The van der Waals surface area contributed by atoms with Crippen LogP contribution in [0, 0.1) is 0 Å². The zero-order chi connectivity index (χ0) is 12.3. The number of nitrogens with one attached hydrogen (secondary N) is 2. The Kier molecular flexibility index (Phi) is 3.55. The molecule has 2 heterocycles. The van der Waals surface area contributed by atoms with Crippen LogP contribution < -0.4 is 11.1 Å². The first-order valence-electron chi connectivity index (χ1n) is 4.96. The third-order valence-corrected chi connectivity index (χ3v) is 3.35. The maximum atomic E-state index is 11.1. The van der Waals surface area contributed by atoms with Gasteiger partial charge in [0, 0.05) is 5.75 Å². The van der Waals surface area contributed by atoms with E-state index >= 15 is 0 Å². The second kappa shape index (κ2) is 5.11. The lowest BCUT2D eigenvalue weighted by molar-refractivity contribution is -0.119. The molecule has 0 spiro atoms. The number of H-pyrrole nitrogens is 1. The fourth-order valence-electron chi connectivity index (χ4n) is 1.32. The van der Waals surface area contributed by atoms with Crippen LogP contribution in [0.15, 0.2) is 17.7 Å². The van der Waals surface area contributed by atoms with Gasteiger partial charge in [-0.15, -0.1) is 11.8 Å². The molecule has 0 aliphatic carbocycles. The maximum absolute atomic E-state index is 11.1. The first-order valence-corrected chi connectivity index (χ1v) is 5.94. The van der Waals surface area contributed by atoms with E-state index in [2.05, 4.69) is 25.3 Å². The van der Waals surface area contributed by atoms with Crippen molar-refractivity contribution in [2.45, 2.75) is 11.1 Å². The van der Waals surface area contributed by atoms with E-state index in [-0.39, 0.29) is 11.9 Å². The van der Waals surface area contributed by atoms with Gasteiger partial charge >= 0.3 is 0 Å². The summed E-state index contributed by atoms with van der Waals surface area (Å²) < 4.78 is 0. The topological polar surface area (TPSA) is 110 Å². The van der Waals surface area contributed by atoms with E-state index in [0.717, 1.165) is 10.5 Å². The molecule has 1 amide bonds. The smallest absolute Gasteiger partial charge is 0.235 e. The molecule has 8 heteroatoms. The summed E-state index contributed by atoms with van der Waals surface area (Å²) in [7, 11) is 1.70. The number of nitrogens with two attached hydrogens (primary N) is 1. The highest BCUT2D eigenvalue weighted by Crippen LogP contribution is 2.22. The molecule has 4 N–H and O–H groups in total. The van der Waals surface area contributed by atoms with Crippen molar-refractivity contribution in [2.24, 2.45) is 5.73 Å². The van der Waals surface area contributed by atoms with Crippen LogP contribution in [-0.4, -0.2) is 44.7 Å². The first kappa shape index (κ1) is 11.8. The van der Waals surface area contributed by atoms with E-state index in [0.29, 0.717) is 11.4 Å². The van der Waals surface area contributed by atoms with Gasteiger partial charge in [-0.2, -0.15) is 0 Å². The number of carbonyl (C=O) groups excluding carboxylic acids is 1. The van der Waals surface area contributed by atoms with Crippen LogP contribution in [0.2, 0.25) is 0 Å². The summed E-state index contributed by atoms with van der Waals surface area (Å²) >= 11 is 1.43. The van der Waals surface area contributed by atoms with Gasteiger partial charge in [-0.1, -0.05) is 0 Å². The third-order valence-electron chi connectivity index (χ3n) is 2.27. The largest absolute Gasteiger partial charge is 0.368 e. The first-order chi connectivity index (χ1) is 8.22. The van der Waals surface area contributed by atoms with E-state index in [1.165, 1.54) is 18.1 Å². The third kappa shape index (κ3) is 2.53. The summed E-state index contributed by atoms with van der Waals surface area (Å²) in [5, 5.41) is 3.61. The van der Waals surface area contributed by atoms with E-state index in [4.69, 9.17) is 5.73 Å². The Bertz CT molecular complexity index is 527. The second-order valence-electron chi connectivity index (χ2n) is 3.33. The predicted molar refractivity (Wildman–Crippen MR) is 64.4 cm³/mol. The molecule has 17 heavy (non-hydrogen) atoms. The molecule has 0 saturated heterocycles. The highest BCUT2D eigenvalue weighted by Gasteiger charge is 2.14. The Morgan fingerprint density at radius 3 is 3.12 bits per heavy atom. The standard InChI is InChI=1S/C9H12N6OS/c1-11-5(7(10)16)2-17-9-6-8(13-3-12-6)14-4-15-9/h3-5,11H,2H2,1H3,(H2,10,16)(H,12,13,14,15). The maximum Gasteiger partial charge on any atom is 0.235 e. The molecule has 1 atom stereocenters. The van der Waals surface area contributed by atoms with Gasteiger partial charge in [-0.3, -0.25) is 4.79 Å². The fourth-order valence-corrected chi connectivity index (χ4v) is 2.39. The average molecular weight is 252 g/mol. The van der Waals surface area contributed by atoms with Crippen molar-refractivity contribution in [2.75, 3.05) is 12.8 Å². The Morgan fingerprint density at radius 1 is 1.59 bits per heavy atom. The van der Waals surface area contributed by atoms with Gasteiger partial charge in [0.1, 0.15) is 16.9 Å². The molecule has 1 unspecified atom stereocenters. The number of primary amides is 1. The molecule has 0 fully saturated rings. The Balaban J connectivity index is 2.13. The number of carbonyl (C=O) groups is 1. The van der Waals surface area contributed by atoms with Gasteiger partial charge in [-0.05, 0) is 7.05 Å². The normalized spacial score (nSPS) is 12.8. The summed E-state index contributed by atoms with van der Waals surface area (Å²) in [5.41, 5.74) is 6.62. The monoisotopic (exact) mass is 252 g/mol. The van der Waals surface area contributed by atoms with Gasteiger partial charge < -0.3 is 16.0 Å². The van der Waals surface area contributed by atoms with Crippen molar-refractivity contribution in [3.63, 3.8) is 0 Å². The number of rotatable bonds is 5. The van der Waals surface area contributed by atoms with Crippen LogP contribution in [0.1, 0.15) is 0 Å². The van der Waals surface area contributed by atoms with Crippen LogP contribution in [0.25, 0.3) is 11.2 Å². The van der Waals surface area contributed by atoms with Gasteiger partial charge in [0.05, 0.1) is 12.4 Å². The quantitative estimate of drug-likeness (QED) is 0.489. The SMILES string of the molecule is CNC(CSc1ncnc2nc[nH]c12)C(N)=O. The van der Waals surface area contributed by atoms with Crippen molar-refractivity contribution in [3.05, 3.63) is 12.7 Å². The number of likely N-dealkylation sites (N-methyl/N-ethyl adjacent to an activating group) is 1. The van der Waals surface area contributed by atoms with Crippen molar-refractivity contribution in [1.82, 2.24) is 25.3 Å². The molecule has 90 valence electrons. The van der Waals surface area contributed by atoms with E-state index in [1.54, 1.807) is 13.4 Å². The number of aromatic amines is 1. The van der Waals surface area contributed by atoms with Crippen molar-refractivity contribution < 1.29 is 4.79 Å². The average Bonchev–Trinajstić information content (AvgIpc) is 2.78. The van der Waals surface area contributed by atoms with E-state index in [9.17, 15) is 4.79 Å². The summed E-state index contributed by atoms with van der Waals surface area (Å²) in [4.78, 5) is 26.2. The predicted octanol–water partition coefficient (Wildman–Crippen LogP) is -0.482. The summed E-state index contributed by atoms with van der Waals surface area (Å²) in [6.45, 7) is 0. The molecule has 2 rings (SSSR count). The summed E-state index contributed by atoms with van der Waals surface area (Å²) in [6, 6.07) is -0.382. The summed E-state index contributed by atoms with van der Waals surface area (Å²) in [5.74, 6) is 0.131. The van der Waals surface area contributed by atoms with Crippen LogP contribution in [0.4, 0.5) is 0 Å². The molecule has 2 aromatic rings. The van der Waals surface area contributed by atoms with Gasteiger partial charge in [0.25, 0.3) is 0 Å². The number of nitrogens with zero attached hydrogens (tertiary/aromatic N) is 3. The second-order valence-corrected chi connectivity index (χ2v) is 4.34. The lowest BCUT2D eigenvalue weighted by atomic mass is 10.3. The van der Waals surface area contributed by atoms with Crippen molar-refractivity contribution >= 4 is 28.8 Å². The molecular weight excluding hydrogens is 240 g/mol. The molecule has 7 nitrogen and oxygen atoms in total. The highest BCUT2D eigenvalue weighted by atomic mass is 32.2. The summed E-state index contributed by atoms with van der Waals surface area (Å²) in [6.07, 6.45) is 3.01. The minimum absolute atomic E-state index is 0.380. The Morgan fingerprint density at radius 2 is 2.41 bits per heavy atom. The van der Waals surface area contributed by atoms with Crippen LogP contribution in [0.3, 0.4) is 0 Å². The molecule has 2 aromatic heterocycles. The number of hydrogen-bond donors (Lipinski definition) is 3. The number of hydrogen-bond acceptors (Lipinski definition) is 6. The lowest BCUT2D eigenvalue weighted by Gasteiger charge is -2.10. The molecule has 0 radical (unpaired) electrons. The highest BCUT2D eigenvalue weighted by molar-refractivity contribution is 7.99. The molecule has 0 aliphatic rings. The fraction of sp³-hybridized carbons (Fsp3) is 0.333.